The zero-order valence-corrected chi connectivity index (χ0v) is 14.8. The van der Waals surface area contributed by atoms with Gasteiger partial charge in [-0.2, -0.15) is 0 Å². The van der Waals surface area contributed by atoms with Crippen molar-refractivity contribution in [1.29, 1.82) is 0 Å². The number of likely N-dealkylation sites (tertiary alicyclic amines) is 1. The molecule has 7 nitrogen and oxygen atoms in total. The van der Waals surface area contributed by atoms with E-state index in [4.69, 9.17) is 9.15 Å². The van der Waals surface area contributed by atoms with Crippen LogP contribution >= 0.6 is 0 Å². The predicted octanol–water partition coefficient (Wildman–Crippen LogP) is 1.25. The van der Waals surface area contributed by atoms with Gasteiger partial charge >= 0.3 is 0 Å². The van der Waals surface area contributed by atoms with Gasteiger partial charge in [0.2, 0.25) is 0 Å². The number of guanidine groups is 1. The van der Waals surface area contributed by atoms with Crippen LogP contribution in [0.3, 0.4) is 0 Å². The number of carbonyl (C=O) groups excluding carboxylic acids is 1. The Morgan fingerprint density at radius 3 is 2.92 bits per heavy atom. The van der Waals surface area contributed by atoms with Gasteiger partial charge in [-0.1, -0.05) is 0 Å². The van der Waals surface area contributed by atoms with Crippen molar-refractivity contribution < 1.29 is 13.9 Å². The van der Waals surface area contributed by atoms with Crippen molar-refractivity contribution >= 4 is 11.9 Å². The minimum Gasteiger partial charge on any atom is -0.459 e. The van der Waals surface area contributed by atoms with E-state index in [2.05, 4.69) is 20.5 Å². The second-order valence-corrected chi connectivity index (χ2v) is 6.07. The number of hydrogen-bond acceptors (Lipinski definition) is 4. The van der Waals surface area contributed by atoms with E-state index in [1.54, 1.807) is 20.2 Å². The molecule has 0 radical (unpaired) electrons. The Morgan fingerprint density at radius 1 is 1.46 bits per heavy atom. The molecule has 1 aromatic rings. The lowest BCUT2D eigenvalue weighted by Gasteiger charge is -2.21. The SMILES string of the molecule is CN=C(NCCCNC(=O)c1occc1C)N1CCC(COC)C1. The topological polar surface area (TPSA) is 79.1 Å². The Kier molecular flexibility index (Phi) is 7.11. The van der Waals surface area contributed by atoms with E-state index >= 15 is 0 Å². The molecule has 2 N–H and O–H groups in total. The fourth-order valence-corrected chi connectivity index (χ4v) is 2.91. The summed E-state index contributed by atoms with van der Waals surface area (Å²) < 4.78 is 10.4. The average molecular weight is 336 g/mol. The lowest BCUT2D eigenvalue weighted by Crippen LogP contribution is -2.41. The molecule has 1 amide bonds. The number of carbonyl (C=O) groups is 1. The monoisotopic (exact) mass is 336 g/mol. The molecule has 1 aromatic heterocycles. The number of nitrogens with one attached hydrogen (secondary N) is 2. The van der Waals surface area contributed by atoms with E-state index in [9.17, 15) is 4.79 Å². The van der Waals surface area contributed by atoms with Crippen LogP contribution in [0.15, 0.2) is 21.7 Å². The van der Waals surface area contributed by atoms with Crippen molar-refractivity contribution in [2.24, 2.45) is 10.9 Å². The molecule has 0 aliphatic carbocycles. The summed E-state index contributed by atoms with van der Waals surface area (Å²) in [5.74, 6) is 1.72. The van der Waals surface area contributed by atoms with Crippen LogP contribution < -0.4 is 10.6 Å². The van der Waals surface area contributed by atoms with Crippen LogP contribution in [0.2, 0.25) is 0 Å². The summed E-state index contributed by atoms with van der Waals surface area (Å²) in [6, 6.07) is 1.79. The number of rotatable bonds is 7. The first kappa shape index (κ1) is 18.3. The summed E-state index contributed by atoms with van der Waals surface area (Å²) in [5, 5.41) is 6.22. The van der Waals surface area contributed by atoms with Crippen molar-refractivity contribution in [3.05, 3.63) is 23.7 Å². The largest absolute Gasteiger partial charge is 0.459 e. The average Bonchev–Trinajstić information content (AvgIpc) is 3.20. The van der Waals surface area contributed by atoms with Gasteiger partial charge in [-0.05, 0) is 25.8 Å². The molecule has 1 fully saturated rings. The second-order valence-electron chi connectivity index (χ2n) is 6.07. The highest BCUT2D eigenvalue weighted by Gasteiger charge is 2.24. The fraction of sp³-hybridized carbons (Fsp3) is 0.647. The lowest BCUT2D eigenvalue weighted by atomic mass is 10.1. The van der Waals surface area contributed by atoms with Gasteiger partial charge in [0, 0.05) is 51.8 Å². The van der Waals surface area contributed by atoms with Gasteiger partial charge in [-0.25, -0.2) is 0 Å². The zero-order chi connectivity index (χ0) is 17.4. The van der Waals surface area contributed by atoms with E-state index in [0.717, 1.165) is 50.6 Å². The Hall–Kier alpha value is -2.02. The van der Waals surface area contributed by atoms with Crippen molar-refractivity contribution in [1.82, 2.24) is 15.5 Å². The van der Waals surface area contributed by atoms with Gasteiger partial charge < -0.3 is 24.7 Å². The van der Waals surface area contributed by atoms with Crippen LogP contribution in [0, 0.1) is 12.8 Å². The highest BCUT2D eigenvalue weighted by Crippen LogP contribution is 2.16. The van der Waals surface area contributed by atoms with Crippen LogP contribution in [0.25, 0.3) is 0 Å². The third-order valence-electron chi connectivity index (χ3n) is 4.19. The number of aryl methyl sites for hydroxylation is 1. The van der Waals surface area contributed by atoms with Crippen molar-refractivity contribution in [2.75, 3.05) is 46.9 Å². The molecule has 24 heavy (non-hydrogen) atoms. The van der Waals surface area contributed by atoms with Gasteiger partial charge in [0.25, 0.3) is 5.91 Å². The van der Waals surface area contributed by atoms with Crippen molar-refractivity contribution in [3.63, 3.8) is 0 Å². The maximum absolute atomic E-state index is 11.9. The van der Waals surface area contributed by atoms with Gasteiger partial charge in [0.1, 0.15) is 0 Å². The summed E-state index contributed by atoms with van der Waals surface area (Å²) in [6.45, 7) is 5.98. The lowest BCUT2D eigenvalue weighted by molar-refractivity contribution is 0.0925. The molecule has 1 saturated heterocycles. The molecule has 2 heterocycles. The minimum absolute atomic E-state index is 0.163. The Morgan fingerprint density at radius 2 is 2.25 bits per heavy atom. The van der Waals surface area contributed by atoms with E-state index in [1.807, 2.05) is 6.92 Å². The van der Waals surface area contributed by atoms with Gasteiger partial charge in [0.15, 0.2) is 11.7 Å². The second kappa shape index (κ2) is 9.32. The summed E-state index contributed by atoms with van der Waals surface area (Å²) in [5.41, 5.74) is 0.852. The number of amides is 1. The van der Waals surface area contributed by atoms with Crippen LogP contribution in [-0.4, -0.2) is 63.7 Å². The normalized spacial score (nSPS) is 18.0. The molecule has 1 aliphatic heterocycles. The van der Waals surface area contributed by atoms with Gasteiger partial charge in [0.05, 0.1) is 12.9 Å². The van der Waals surface area contributed by atoms with E-state index in [1.165, 1.54) is 6.26 Å². The number of ether oxygens (including phenoxy) is 1. The molecule has 1 atom stereocenters. The number of furan rings is 1. The number of aliphatic imine (C=N–C) groups is 1. The van der Waals surface area contributed by atoms with Crippen LogP contribution in [0.1, 0.15) is 29.0 Å². The molecule has 134 valence electrons. The molecular formula is C17H28N4O3. The van der Waals surface area contributed by atoms with Crippen molar-refractivity contribution in [3.8, 4) is 0 Å². The Labute approximate surface area is 143 Å². The standard InChI is InChI=1S/C17H28N4O3/c1-13-6-10-24-15(13)16(22)19-7-4-8-20-17(18-2)21-9-5-14(11-21)12-23-3/h6,10,14H,4-5,7-9,11-12H2,1-3H3,(H,18,20)(H,19,22). The first-order valence-corrected chi connectivity index (χ1v) is 8.42. The van der Waals surface area contributed by atoms with Crippen LogP contribution in [0.5, 0.6) is 0 Å². The summed E-state index contributed by atoms with van der Waals surface area (Å²) >= 11 is 0. The summed E-state index contributed by atoms with van der Waals surface area (Å²) in [7, 11) is 3.54. The van der Waals surface area contributed by atoms with E-state index < -0.39 is 0 Å². The molecule has 1 aliphatic rings. The van der Waals surface area contributed by atoms with Gasteiger partial charge in [-0.15, -0.1) is 0 Å². The van der Waals surface area contributed by atoms with Crippen molar-refractivity contribution in [2.45, 2.75) is 19.8 Å². The van der Waals surface area contributed by atoms with Crippen LogP contribution in [-0.2, 0) is 4.74 Å². The summed E-state index contributed by atoms with van der Waals surface area (Å²) in [4.78, 5) is 18.5. The number of hydrogen-bond donors (Lipinski definition) is 2. The quantitative estimate of drug-likeness (QED) is 0.445. The molecule has 0 bridgehead atoms. The predicted molar refractivity (Wildman–Crippen MR) is 93.3 cm³/mol. The minimum atomic E-state index is -0.163. The Bertz CT molecular complexity index is 556. The smallest absolute Gasteiger partial charge is 0.287 e. The molecule has 0 saturated carbocycles. The number of nitrogens with zero attached hydrogens (tertiary/aromatic N) is 2. The molecule has 0 aromatic carbocycles. The molecule has 2 rings (SSSR count). The van der Waals surface area contributed by atoms with Gasteiger partial charge in [-0.3, -0.25) is 9.79 Å². The van der Waals surface area contributed by atoms with Crippen LogP contribution in [0.4, 0.5) is 0 Å². The maximum atomic E-state index is 11.9. The molecule has 7 heteroatoms. The highest BCUT2D eigenvalue weighted by molar-refractivity contribution is 5.92. The van der Waals surface area contributed by atoms with E-state index in [0.29, 0.717) is 18.2 Å². The first-order chi connectivity index (χ1) is 11.7. The molecule has 1 unspecified atom stereocenters. The number of methoxy groups -OCH3 is 1. The first-order valence-electron chi connectivity index (χ1n) is 8.42. The summed E-state index contributed by atoms with van der Waals surface area (Å²) in [6.07, 6.45) is 3.48. The third kappa shape index (κ3) is 4.99. The molecule has 0 spiro atoms. The fourth-order valence-electron chi connectivity index (χ4n) is 2.91. The Balaban J connectivity index is 1.64. The zero-order valence-electron chi connectivity index (χ0n) is 14.8. The maximum Gasteiger partial charge on any atom is 0.287 e. The van der Waals surface area contributed by atoms with E-state index in [-0.39, 0.29) is 5.91 Å². The third-order valence-corrected chi connectivity index (χ3v) is 4.19. The molecular weight excluding hydrogens is 308 g/mol. The highest BCUT2D eigenvalue weighted by atomic mass is 16.5.